The highest BCUT2D eigenvalue weighted by atomic mass is 16.6. The maximum absolute atomic E-state index is 11.9. The fourth-order valence-electron chi connectivity index (χ4n) is 1.76. The van der Waals surface area contributed by atoms with Crippen molar-refractivity contribution in [3.8, 4) is 5.75 Å². The highest BCUT2D eigenvalue weighted by molar-refractivity contribution is 5.93. The summed E-state index contributed by atoms with van der Waals surface area (Å²) in [6.45, 7) is 1.64. The molecule has 1 N–H and O–H groups in total. The Hall–Kier alpha value is -2.82. The molecule has 1 atom stereocenters. The molecular weight excluding hydrogens is 280 g/mol. The molecule has 0 saturated heterocycles. The van der Waals surface area contributed by atoms with Crippen LogP contribution in [0.1, 0.15) is 12.5 Å². The minimum atomic E-state index is -0.703. The molecule has 0 fully saturated rings. The molecule has 0 heterocycles. The first-order valence-corrected chi connectivity index (χ1v) is 6.89. The zero-order valence-corrected chi connectivity index (χ0v) is 12.5. The number of para-hydroxylation sites is 2. The molecule has 0 saturated carbocycles. The van der Waals surface area contributed by atoms with Crippen molar-refractivity contribution in [2.24, 2.45) is 5.16 Å². The number of nitrogens with zero attached hydrogens (tertiary/aromatic N) is 1. The van der Waals surface area contributed by atoms with Crippen molar-refractivity contribution in [2.45, 2.75) is 13.0 Å². The van der Waals surface area contributed by atoms with Crippen LogP contribution in [-0.4, -0.2) is 25.3 Å². The third-order valence-electron chi connectivity index (χ3n) is 2.96. The topological polar surface area (TPSA) is 59.9 Å². The molecule has 0 radical (unpaired) electrons. The van der Waals surface area contributed by atoms with Crippen LogP contribution in [0.4, 0.5) is 5.69 Å². The largest absolute Gasteiger partial charge is 0.496 e. The second-order valence-corrected chi connectivity index (χ2v) is 4.58. The second-order valence-electron chi connectivity index (χ2n) is 4.58. The van der Waals surface area contributed by atoms with Crippen LogP contribution in [0.5, 0.6) is 5.75 Å². The van der Waals surface area contributed by atoms with E-state index in [1.165, 1.54) is 6.21 Å². The summed E-state index contributed by atoms with van der Waals surface area (Å²) in [7, 11) is 1.59. The number of rotatable bonds is 6. The van der Waals surface area contributed by atoms with Crippen molar-refractivity contribution >= 4 is 17.8 Å². The van der Waals surface area contributed by atoms with E-state index in [2.05, 4.69) is 10.5 Å². The second kappa shape index (κ2) is 7.83. The molecule has 0 bridgehead atoms. The maximum atomic E-state index is 11.9. The Bertz CT molecular complexity index is 641. The van der Waals surface area contributed by atoms with Gasteiger partial charge in [0.05, 0.1) is 13.3 Å². The Morgan fingerprint density at radius 2 is 1.82 bits per heavy atom. The Kier molecular flexibility index (Phi) is 5.54. The van der Waals surface area contributed by atoms with Crippen molar-refractivity contribution in [3.63, 3.8) is 0 Å². The van der Waals surface area contributed by atoms with Crippen LogP contribution in [0.25, 0.3) is 0 Å². The normalized spacial score (nSPS) is 11.9. The predicted octanol–water partition coefficient (Wildman–Crippen LogP) is 3.07. The molecule has 2 aromatic rings. The van der Waals surface area contributed by atoms with E-state index in [-0.39, 0.29) is 5.91 Å². The molecule has 2 rings (SSSR count). The molecule has 0 aliphatic heterocycles. The van der Waals surface area contributed by atoms with Crippen molar-refractivity contribution in [3.05, 3.63) is 60.2 Å². The lowest BCUT2D eigenvalue weighted by Crippen LogP contribution is -2.26. The van der Waals surface area contributed by atoms with E-state index in [1.54, 1.807) is 14.0 Å². The number of oxime groups is 1. The van der Waals surface area contributed by atoms with Gasteiger partial charge in [0, 0.05) is 11.3 Å². The van der Waals surface area contributed by atoms with Crippen LogP contribution in [0.3, 0.4) is 0 Å². The van der Waals surface area contributed by atoms with Crippen molar-refractivity contribution in [2.75, 3.05) is 12.4 Å². The smallest absolute Gasteiger partial charge is 0.267 e. The SMILES string of the molecule is COc1ccccc1/C=N\O[C@H](C)C(=O)Nc1ccccc1. The number of carbonyl (C=O) groups is 1. The molecule has 5 heteroatoms. The van der Waals surface area contributed by atoms with Gasteiger partial charge in [0.25, 0.3) is 5.91 Å². The first-order valence-electron chi connectivity index (χ1n) is 6.89. The van der Waals surface area contributed by atoms with Gasteiger partial charge < -0.3 is 14.9 Å². The summed E-state index contributed by atoms with van der Waals surface area (Å²) in [5.74, 6) is 0.430. The number of carbonyl (C=O) groups excluding carboxylic acids is 1. The average molecular weight is 298 g/mol. The van der Waals surface area contributed by atoms with Gasteiger partial charge in [-0.15, -0.1) is 0 Å². The van der Waals surface area contributed by atoms with Gasteiger partial charge in [-0.3, -0.25) is 4.79 Å². The number of methoxy groups -OCH3 is 1. The molecule has 22 heavy (non-hydrogen) atoms. The van der Waals surface area contributed by atoms with Crippen LogP contribution in [0.15, 0.2) is 59.8 Å². The van der Waals surface area contributed by atoms with Crippen LogP contribution in [0, 0.1) is 0 Å². The molecule has 5 nitrogen and oxygen atoms in total. The van der Waals surface area contributed by atoms with Crippen LogP contribution in [0.2, 0.25) is 0 Å². The number of hydrogen-bond acceptors (Lipinski definition) is 4. The van der Waals surface area contributed by atoms with Crippen LogP contribution < -0.4 is 10.1 Å². The monoisotopic (exact) mass is 298 g/mol. The van der Waals surface area contributed by atoms with E-state index in [0.717, 1.165) is 11.3 Å². The van der Waals surface area contributed by atoms with E-state index < -0.39 is 6.10 Å². The van der Waals surface area contributed by atoms with Gasteiger partial charge in [-0.1, -0.05) is 35.5 Å². The van der Waals surface area contributed by atoms with Gasteiger partial charge in [0.15, 0.2) is 0 Å². The molecule has 0 aliphatic carbocycles. The van der Waals surface area contributed by atoms with Crippen molar-refractivity contribution in [1.29, 1.82) is 0 Å². The minimum Gasteiger partial charge on any atom is -0.496 e. The Morgan fingerprint density at radius 1 is 1.14 bits per heavy atom. The average Bonchev–Trinajstić information content (AvgIpc) is 2.56. The summed E-state index contributed by atoms with van der Waals surface area (Å²) in [5, 5.41) is 6.60. The molecule has 0 unspecified atom stereocenters. The number of benzene rings is 2. The highest BCUT2D eigenvalue weighted by Gasteiger charge is 2.13. The molecule has 0 spiro atoms. The van der Waals surface area contributed by atoms with E-state index in [0.29, 0.717) is 5.75 Å². The predicted molar refractivity (Wildman–Crippen MR) is 86.2 cm³/mol. The van der Waals surface area contributed by atoms with E-state index >= 15 is 0 Å². The van der Waals surface area contributed by atoms with Gasteiger partial charge in [0.1, 0.15) is 5.75 Å². The van der Waals surface area contributed by atoms with E-state index in [1.807, 2.05) is 54.6 Å². The molecule has 114 valence electrons. The Morgan fingerprint density at radius 3 is 2.55 bits per heavy atom. The quantitative estimate of drug-likeness (QED) is 0.658. The third kappa shape index (κ3) is 4.34. The van der Waals surface area contributed by atoms with Gasteiger partial charge in [-0.2, -0.15) is 0 Å². The first-order chi connectivity index (χ1) is 10.7. The lowest BCUT2D eigenvalue weighted by Gasteiger charge is -2.10. The Balaban J connectivity index is 1.90. The molecule has 0 aromatic heterocycles. The van der Waals surface area contributed by atoms with Gasteiger partial charge in [-0.25, -0.2) is 0 Å². The lowest BCUT2D eigenvalue weighted by atomic mass is 10.2. The molecular formula is C17H18N2O3. The fraction of sp³-hybridized carbons (Fsp3) is 0.176. The molecule has 2 aromatic carbocycles. The Labute approximate surface area is 129 Å². The summed E-state index contributed by atoms with van der Waals surface area (Å²) >= 11 is 0. The zero-order valence-electron chi connectivity index (χ0n) is 12.5. The maximum Gasteiger partial charge on any atom is 0.267 e. The lowest BCUT2D eigenvalue weighted by molar-refractivity contribution is -0.126. The number of hydrogen-bond donors (Lipinski definition) is 1. The van der Waals surface area contributed by atoms with Crippen molar-refractivity contribution < 1.29 is 14.4 Å². The number of nitrogens with one attached hydrogen (secondary N) is 1. The number of amides is 1. The molecule has 0 aliphatic rings. The first kappa shape index (κ1) is 15.6. The summed E-state index contributed by atoms with van der Waals surface area (Å²) in [4.78, 5) is 17.1. The van der Waals surface area contributed by atoms with Gasteiger partial charge in [-0.05, 0) is 31.2 Å². The summed E-state index contributed by atoms with van der Waals surface area (Å²) in [6.07, 6.45) is 0.816. The van der Waals surface area contributed by atoms with Crippen LogP contribution in [-0.2, 0) is 9.63 Å². The summed E-state index contributed by atoms with van der Waals surface area (Å²) < 4.78 is 5.20. The minimum absolute atomic E-state index is 0.261. The zero-order chi connectivity index (χ0) is 15.8. The van der Waals surface area contributed by atoms with E-state index in [9.17, 15) is 4.79 Å². The molecule has 1 amide bonds. The van der Waals surface area contributed by atoms with Gasteiger partial charge >= 0.3 is 0 Å². The summed E-state index contributed by atoms with van der Waals surface area (Å²) in [5.41, 5.74) is 1.50. The van der Waals surface area contributed by atoms with Gasteiger partial charge in [0.2, 0.25) is 6.10 Å². The summed E-state index contributed by atoms with van der Waals surface area (Å²) in [6, 6.07) is 16.6. The van der Waals surface area contributed by atoms with Crippen molar-refractivity contribution in [1.82, 2.24) is 0 Å². The van der Waals surface area contributed by atoms with Crippen LogP contribution >= 0.6 is 0 Å². The number of ether oxygens (including phenoxy) is 1. The standard InChI is InChI=1S/C17H18N2O3/c1-13(17(20)19-15-9-4-3-5-10-15)22-18-12-14-8-6-7-11-16(14)21-2/h3-13H,1-2H3,(H,19,20)/b18-12-/t13-/m1/s1. The number of anilines is 1. The highest BCUT2D eigenvalue weighted by Crippen LogP contribution is 2.15. The fourth-order valence-corrected chi connectivity index (χ4v) is 1.76. The third-order valence-corrected chi connectivity index (χ3v) is 2.96. The van der Waals surface area contributed by atoms with E-state index in [4.69, 9.17) is 9.57 Å².